The topological polar surface area (TPSA) is 38.5 Å². The Kier molecular flexibility index (Phi) is 6.88. The van der Waals surface area contributed by atoms with Gasteiger partial charge in [0, 0.05) is 28.9 Å². The summed E-state index contributed by atoms with van der Waals surface area (Å²) in [5, 5.41) is 0. The van der Waals surface area contributed by atoms with Gasteiger partial charge in [-0.2, -0.15) is 30.7 Å². The molecule has 0 bridgehead atoms. The van der Waals surface area contributed by atoms with E-state index in [1.807, 2.05) is 0 Å². The molecule has 29 heavy (non-hydrogen) atoms. The first-order valence-corrected chi connectivity index (χ1v) is 10.2. The molecule has 12 heteroatoms. The Morgan fingerprint density at radius 2 is 1.34 bits per heavy atom. The van der Waals surface area contributed by atoms with E-state index >= 15 is 0 Å². The number of halogens is 6. The zero-order chi connectivity index (χ0) is 21.1. The van der Waals surface area contributed by atoms with Crippen molar-refractivity contribution in [1.29, 1.82) is 0 Å². The van der Waals surface area contributed by atoms with E-state index < -0.39 is 46.9 Å². The zero-order valence-electron chi connectivity index (χ0n) is 15.4. The van der Waals surface area contributed by atoms with Gasteiger partial charge in [0.1, 0.15) is 13.1 Å². The third-order valence-corrected chi connectivity index (χ3v) is 6.82. The van der Waals surface area contributed by atoms with E-state index in [-0.39, 0.29) is 39.5 Å². The Balaban J connectivity index is 2.21. The highest BCUT2D eigenvalue weighted by atomic mass is 32.2. The van der Waals surface area contributed by atoms with Crippen LogP contribution in [0, 0.1) is 0 Å². The molecule has 1 atom stereocenters. The number of hydrogen-bond donors (Lipinski definition) is 1. The van der Waals surface area contributed by atoms with Crippen LogP contribution in [-0.2, 0) is 20.4 Å². The maximum absolute atomic E-state index is 14.2. The van der Waals surface area contributed by atoms with E-state index in [1.54, 1.807) is 18.2 Å². The first kappa shape index (κ1) is 22.5. The molecule has 0 aliphatic carbocycles. The minimum absolute atomic E-state index is 0.185. The normalized spacial score (nSPS) is 22.0. The molecule has 3 rings (SSSR count). The van der Waals surface area contributed by atoms with Crippen LogP contribution in [0.4, 0.5) is 26.3 Å². The van der Waals surface area contributed by atoms with E-state index in [4.69, 9.17) is 9.47 Å². The number of hydrogen-bond acceptors (Lipinski definition) is 3. The van der Waals surface area contributed by atoms with Crippen LogP contribution in [0.3, 0.4) is 0 Å². The third kappa shape index (κ3) is 4.61. The summed E-state index contributed by atoms with van der Waals surface area (Å²) in [6, 6.07) is 7.83. The summed E-state index contributed by atoms with van der Waals surface area (Å²) >= 11 is 0. The van der Waals surface area contributed by atoms with Crippen molar-refractivity contribution in [2.24, 2.45) is 4.36 Å². The van der Waals surface area contributed by atoms with Gasteiger partial charge in [0.25, 0.3) is 0 Å². The van der Waals surface area contributed by atoms with Crippen molar-refractivity contribution < 1.29 is 40.7 Å². The number of morpholine rings is 2. The fraction of sp³-hybridized carbons (Fsp3) is 0.647. The lowest BCUT2D eigenvalue weighted by Crippen LogP contribution is -3.25. The Morgan fingerprint density at radius 1 is 0.828 bits per heavy atom. The maximum atomic E-state index is 14.2. The molecule has 0 unspecified atom stereocenters. The molecule has 0 radical (unpaired) electrons. The number of nitrogens with zero attached hydrogens (tertiary/aromatic N) is 2. The molecule has 2 heterocycles. The molecule has 0 amide bonds. The number of benzene rings is 1. The molecule has 1 N–H and O–H groups in total. The van der Waals surface area contributed by atoms with Crippen LogP contribution in [0.5, 0.6) is 0 Å². The average Bonchev–Trinajstić information content (AvgIpc) is 2.69. The van der Waals surface area contributed by atoms with Gasteiger partial charge in [-0.1, -0.05) is 18.2 Å². The highest BCUT2D eigenvalue weighted by molar-refractivity contribution is 7.85. The van der Waals surface area contributed by atoms with Gasteiger partial charge in [0.05, 0.1) is 26.4 Å². The van der Waals surface area contributed by atoms with Gasteiger partial charge in [0.2, 0.25) is 0 Å². The Morgan fingerprint density at radius 3 is 1.86 bits per heavy atom. The minimum atomic E-state index is -5.62. The summed E-state index contributed by atoms with van der Waals surface area (Å²) in [5.74, 6) is 0. The van der Waals surface area contributed by atoms with E-state index in [2.05, 4.69) is 4.36 Å². The molecule has 2 aliphatic rings. The fourth-order valence-electron chi connectivity index (χ4n) is 3.36. The van der Waals surface area contributed by atoms with Crippen LogP contribution in [-0.4, -0.2) is 74.9 Å². The van der Waals surface area contributed by atoms with Crippen LogP contribution in [0.15, 0.2) is 39.6 Å². The van der Waals surface area contributed by atoms with Crippen molar-refractivity contribution in [3.63, 3.8) is 0 Å². The van der Waals surface area contributed by atoms with Gasteiger partial charge >= 0.3 is 18.0 Å². The number of quaternary nitrogens is 1. The van der Waals surface area contributed by atoms with Crippen molar-refractivity contribution in [3.8, 4) is 0 Å². The van der Waals surface area contributed by atoms with Crippen molar-refractivity contribution >= 4 is 10.9 Å². The molecule has 2 aliphatic heterocycles. The molecular weight excluding hydrogens is 424 g/mol. The smallest absolute Gasteiger partial charge is 0.379 e. The Hall–Kier alpha value is -1.21. The molecule has 0 saturated carbocycles. The summed E-state index contributed by atoms with van der Waals surface area (Å²) in [4.78, 5) is -0.384. The highest BCUT2D eigenvalue weighted by Crippen LogP contribution is 2.43. The summed E-state index contributed by atoms with van der Waals surface area (Å²) in [6.45, 7) is -0.389. The van der Waals surface area contributed by atoms with Gasteiger partial charge in [-0.05, 0) is 12.1 Å². The van der Waals surface area contributed by atoms with Gasteiger partial charge in [-0.25, -0.2) is 4.31 Å². The molecule has 164 valence electrons. The summed E-state index contributed by atoms with van der Waals surface area (Å²) in [5.41, 5.74) is -4.24. The predicted molar refractivity (Wildman–Crippen MR) is 93.2 cm³/mol. The molecule has 0 spiro atoms. The standard InChI is InChI=1S/C17H21F6N3O2S/c18-16(19,20)15(17(21,22)23,25-6-10-27-11-7-25)24-29(14-4-2-1-3-5-14)26-8-12-28-13-9-26/h1-5H,6-13H2/p+1/t29-/m0/s1. The molecule has 1 aromatic rings. The average molecular weight is 446 g/mol. The van der Waals surface area contributed by atoms with E-state index in [9.17, 15) is 26.3 Å². The number of alkyl halides is 6. The fourth-order valence-corrected chi connectivity index (χ4v) is 5.37. The molecule has 0 aromatic heterocycles. The maximum Gasteiger partial charge on any atom is 0.478 e. The van der Waals surface area contributed by atoms with Gasteiger partial charge in [-0.3, -0.25) is 4.90 Å². The molecule has 1 aromatic carbocycles. The van der Waals surface area contributed by atoms with Crippen LogP contribution in [0.2, 0.25) is 0 Å². The molecule has 2 fully saturated rings. The van der Waals surface area contributed by atoms with Gasteiger partial charge < -0.3 is 9.47 Å². The van der Waals surface area contributed by atoms with Crippen LogP contribution in [0.1, 0.15) is 0 Å². The Labute approximate surface area is 166 Å². The second-order valence-electron chi connectivity index (χ2n) is 6.63. The first-order chi connectivity index (χ1) is 13.7. The van der Waals surface area contributed by atoms with E-state index in [1.165, 1.54) is 16.4 Å². The quantitative estimate of drug-likeness (QED) is 0.718. The molecular formula is C17H22F6N3O2S+. The van der Waals surface area contributed by atoms with Crippen molar-refractivity contribution in [3.05, 3.63) is 30.3 Å². The van der Waals surface area contributed by atoms with Crippen LogP contribution >= 0.6 is 0 Å². The minimum Gasteiger partial charge on any atom is -0.379 e. The first-order valence-electron chi connectivity index (χ1n) is 9.08. The van der Waals surface area contributed by atoms with Gasteiger partial charge in [-0.15, -0.1) is 0 Å². The van der Waals surface area contributed by atoms with Crippen molar-refractivity contribution in [2.45, 2.75) is 22.9 Å². The van der Waals surface area contributed by atoms with Crippen molar-refractivity contribution in [2.75, 3.05) is 52.6 Å². The summed E-state index contributed by atoms with van der Waals surface area (Å²) in [6.07, 6.45) is -11.2. The van der Waals surface area contributed by atoms with Crippen LogP contribution in [0.25, 0.3) is 0 Å². The largest absolute Gasteiger partial charge is 0.478 e. The number of ether oxygens (including phenoxy) is 2. The SMILES string of the molecule is FC(F)(F)C(N=[S@](c1ccccc1)N1CCOCC1)([NH+]1CCOCC1)C(F)(F)F. The van der Waals surface area contributed by atoms with E-state index in [0.717, 1.165) is 0 Å². The monoisotopic (exact) mass is 446 g/mol. The molecule has 2 saturated heterocycles. The lowest BCUT2D eigenvalue weighted by molar-refractivity contribution is -0.985. The lowest BCUT2D eigenvalue weighted by atomic mass is 10.1. The lowest BCUT2D eigenvalue weighted by Gasteiger charge is -2.42. The number of rotatable bonds is 4. The van der Waals surface area contributed by atoms with Gasteiger partial charge in [0.15, 0.2) is 0 Å². The summed E-state index contributed by atoms with van der Waals surface area (Å²) < 4.78 is 100. The second-order valence-corrected chi connectivity index (χ2v) is 8.33. The third-order valence-electron chi connectivity index (χ3n) is 4.82. The van der Waals surface area contributed by atoms with Crippen molar-refractivity contribution in [1.82, 2.24) is 4.31 Å². The second kappa shape index (κ2) is 8.88. The number of nitrogens with one attached hydrogen (secondary N) is 1. The molecule has 5 nitrogen and oxygen atoms in total. The van der Waals surface area contributed by atoms with E-state index in [0.29, 0.717) is 4.90 Å². The Bertz CT molecular complexity index is 687. The highest BCUT2D eigenvalue weighted by Gasteiger charge is 2.79. The zero-order valence-corrected chi connectivity index (χ0v) is 16.2. The predicted octanol–water partition coefficient (Wildman–Crippen LogP) is 1.83. The summed E-state index contributed by atoms with van der Waals surface area (Å²) in [7, 11) is -1.76. The van der Waals surface area contributed by atoms with Crippen LogP contribution < -0.4 is 4.90 Å².